The van der Waals surface area contributed by atoms with E-state index in [1.165, 1.54) is 0 Å². The molecule has 0 atom stereocenters. The molecule has 0 aliphatic heterocycles. The van der Waals surface area contributed by atoms with Crippen LogP contribution in [0.15, 0.2) is 91.0 Å². The second-order valence-electron chi connectivity index (χ2n) is 14.6. The van der Waals surface area contributed by atoms with Gasteiger partial charge in [0.05, 0.1) is 33.4 Å². The summed E-state index contributed by atoms with van der Waals surface area (Å²) in [4.78, 5) is 11.1. The average Bonchev–Trinajstić information content (AvgIpc) is 2.98. The van der Waals surface area contributed by atoms with E-state index in [0.717, 1.165) is 16.7 Å². The molecule has 4 aromatic rings. The van der Waals surface area contributed by atoms with Crippen molar-refractivity contribution in [1.82, 2.24) is 0 Å². The van der Waals surface area contributed by atoms with E-state index in [0.29, 0.717) is 50.5 Å². The molecule has 0 aliphatic carbocycles. The third kappa shape index (κ3) is 7.40. The van der Waals surface area contributed by atoms with E-state index < -0.39 is 0 Å². The molecular weight excluding hydrogens is 552 g/mol. The number of hydrogen-bond acceptors (Lipinski definition) is 0. The van der Waals surface area contributed by atoms with Gasteiger partial charge in [0, 0.05) is 0 Å². The maximum absolute atomic E-state index is 10.3. The van der Waals surface area contributed by atoms with Gasteiger partial charge in [-0.2, -0.15) is 14.4 Å². The van der Waals surface area contributed by atoms with Gasteiger partial charge in [-0.1, -0.05) is 98.7 Å². The first-order valence-electron chi connectivity index (χ1n) is 15.2. The molecule has 0 aromatic heterocycles. The summed E-state index contributed by atoms with van der Waals surface area (Å²) in [6.45, 7) is 19.3. The molecule has 0 amide bonds. The topological polar surface area (TPSA) is 109 Å². The van der Waals surface area contributed by atoms with E-state index in [1.54, 1.807) is 0 Å². The van der Waals surface area contributed by atoms with Crippen molar-refractivity contribution in [2.75, 3.05) is 0 Å². The molecule has 45 heavy (non-hydrogen) atoms. The van der Waals surface area contributed by atoms with Gasteiger partial charge in [0.1, 0.15) is 0 Å². The van der Waals surface area contributed by atoms with Gasteiger partial charge >= 0.3 is 17.1 Å². The first-order valence-corrected chi connectivity index (χ1v) is 15.2. The second kappa shape index (κ2) is 12.6. The lowest BCUT2D eigenvalue weighted by atomic mass is 9.85. The Hall–Kier alpha value is -4.98. The number of benzene rings is 4. The second-order valence-corrected chi connectivity index (χ2v) is 14.6. The van der Waals surface area contributed by atoms with Crippen LogP contribution in [0.5, 0.6) is 0 Å². The molecule has 0 spiro atoms. The van der Waals surface area contributed by atoms with E-state index in [2.05, 4.69) is 76.7 Å². The fourth-order valence-corrected chi connectivity index (χ4v) is 5.27. The van der Waals surface area contributed by atoms with Gasteiger partial charge in [-0.05, 0) is 87.5 Å². The summed E-state index contributed by atoms with van der Waals surface area (Å²) in [5, 5.41) is 0. The summed E-state index contributed by atoms with van der Waals surface area (Å²) in [6.07, 6.45) is 0. The van der Waals surface area contributed by atoms with Crippen LogP contribution in [0.25, 0.3) is 16.6 Å². The molecule has 0 radical (unpaired) electrons. The van der Waals surface area contributed by atoms with E-state index in [-0.39, 0.29) is 16.2 Å². The van der Waals surface area contributed by atoms with Crippen LogP contribution in [0.4, 0.5) is 0 Å². The Labute approximate surface area is 267 Å². The average molecular weight is 595 g/mol. The van der Waals surface area contributed by atoms with Gasteiger partial charge in [0.15, 0.2) is 0 Å². The van der Waals surface area contributed by atoms with Crippen LogP contribution in [0, 0.1) is 0 Å². The van der Waals surface area contributed by atoms with Crippen LogP contribution >= 0.6 is 0 Å². The van der Waals surface area contributed by atoms with E-state index >= 15 is 0 Å². The van der Waals surface area contributed by atoms with E-state index in [9.17, 15) is 16.6 Å². The van der Waals surface area contributed by atoms with E-state index in [1.807, 2.05) is 91.0 Å². The highest BCUT2D eigenvalue weighted by Crippen LogP contribution is 2.27. The van der Waals surface area contributed by atoms with Gasteiger partial charge in [-0.15, -0.1) is 0 Å². The van der Waals surface area contributed by atoms with Crippen LogP contribution in [0.2, 0.25) is 0 Å². The van der Waals surface area contributed by atoms with E-state index in [4.69, 9.17) is 0 Å². The minimum absolute atomic E-state index is 0.0355. The highest BCUT2D eigenvalue weighted by Gasteiger charge is 2.27. The lowest BCUT2D eigenvalue weighted by Gasteiger charge is -2.19. The quantitative estimate of drug-likeness (QED) is 0.121. The summed E-state index contributed by atoms with van der Waals surface area (Å²) in [5.41, 5.74) is 39.1. The fourth-order valence-electron chi connectivity index (χ4n) is 5.27. The SMILES string of the molecule is CC(C)(C)c1ccc(C(=[N+]=[N-])c2cc(C(=[N+]=[N-])c3ccc(C(C)(C)C)cc3)cc(C(=[N+]=[N-])c3ccc(C(C)(C)C)cc3)c2)cc1. The summed E-state index contributed by atoms with van der Waals surface area (Å²) in [5.74, 6) is 0. The molecule has 0 unspecified atom stereocenters. The Morgan fingerprint density at radius 1 is 0.356 bits per heavy atom. The smallest absolute Gasteiger partial charge is 0.329 e. The standard InChI is InChI=1S/C39H42N6/c1-37(2,3)31-16-10-25(11-17-31)34(43-40)28-22-29(35(44-41)26-12-18-32(19-13-26)38(4,5)6)24-30(23-28)36(45-42)27-14-20-33(21-15-27)39(7,8)9/h10-24H,1-9H3. The van der Waals surface area contributed by atoms with Crippen LogP contribution in [0.1, 0.15) is 112 Å². The normalized spacial score (nSPS) is 11.7. The summed E-state index contributed by atoms with van der Waals surface area (Å²) >= 11 is 0. The van der Waals surface area contributed by atoms with Gasteiger partial charge < -0.3 is 16.6 Å². The molecule has 0 heterocycles. The van der Waals surface area contributed by atoms with Crippen molar-refractivity contribution in [1.29, 1.82) is 0 Å². The minimum Gasteiger partial charge on any atom is -0.361 e. The van der Waals surface area contributed by atoms with Crippen molar-refractivity contribution in [3.63, 3.8) is 0 Å². The molecule has 4 rings (SSSR count). The Bertz CT molecular complexity index is 1620. The van der Waals surface area contributed by atoms with Crippen LogP contribution in [-0.2, 0) is 16.2 Å². The lowest BCUT2D eigenvalue weighted by Crippen LogP contribution is -2.15. The Balaban J connectivity index is 1.91. The molecule has 0 aliphatic rings. The third-order valence-corrected chi connectivity index (χ3v) is 8.13. The number of rotatable bonds is 6. The first kappa shape index (κ1) is 32.9. The molecule has 0 saturated carbocycles. The predicted octanol–water partition coefficient (Wildman–Crippen LogP) is 8.78. The van der Waals surface area contributed by atoms with Crippen LogP contribution < -0.4 is 0 Å². The van der Waals surface area contributed by atoms with Gasteiger partial charge in [-0.3, -0.25) is 0 Å². The minimum atomic E-state index is -0.0355. The molecule has 0 saturated heterocycles. The number of nitrogens with zero attached hydrogens (tertiary/aromatic N) is 6. The summed E-state index contributed by atoms with van der Waals surface area (Å²) in [7, 11) is 0. The third-order valence-electron chi connectivity index (χ3n) is 8.13. The monoisotopic (exact) mass is 594 g/mol. The summed E-state index contributed by atoms with van der Waals surface area (Å²) < 4.78 is 0. The first-order chi connectivity index (χ1) is 21.1. The zero-order chi connectivity index (χ0) is 33.2. The Morgan fingerprint density at radius 2 is 0.556 bits per heavy atom. The van der Waals surface area contributed by atoms with Gasteiger partial charge in [-0.25, -0.2) is 0 Å². The highest BCUT2D eigenvalue weighted by molar-refractivity contribution is 6.17. The van der Waals surface area contributed by atoms with Crippen molar-refractivity contribution < 1.29 is 14.4 Å². The van der Waals surface area contributed by atoms with Gasteiger partial charge in [0.25, 0.3) is 0 Å². The van der Waals surface area contributed by atoms with Crippen molar-refractivity contribution in [3.8, 4) is 0 Å². The predicted molar refractivity (Wildman–Crippen MR) is 182 cm³/mol. The fraction of sp³-hybridized carbons (Fsp3) is 0.308. The zero-order valence-electron chi connectivity index (χ0n) is 27.8. The Morgan fingerprint density at radius 3 is 0.711 bits per heavy atom. The molecule has 0 N–H and O–H groups in total. The van der Waals surface area contributed by atoms with Crippen molar-refractivity contribution in [3.05, 3.63) is 158 Å². The lowest BCUT2D eigenvalue weighted by molar-refractivity contribution is -0.00300. The maximum Gasteiger partial charge on any atom is 0.329 e. The van der Waals surface area contributed by atoms with Crippen LogP contribution in [-0.4, -0.2) is 31.5 Å². The van der Waals surface area contributed by atoms with Crippen LogP contribution in [0.3, 0.4) is 0 Å². The molecule has 6 heteroatoms. The highest BCUT2D eigenvalue weighted by atomic mass is 14.9. The Kier molecular flexibility index (Phi) is 9.19. The van der Waals surface area contributed by atoms with Crippen molar-refractivity contribution in [2.24, 2.45) is 0 Å². The molecule has 228 valence electrons. The van der Waals surface area contributed by atoms with Crippen molar-refractivity contribution >= 4 is 17.1 Å². The maximum atomic E-state index is 10.3. The molecular formula is C39H42N6. The molecule has 6 nitrogen and oxygen atoms in total. The molecule has 0 fully saturated rings. The summed E-state index contributed by atoms with van der Waals surface area (Å²) in [6, 6.07) is 29.2. The molecule has 4 aromatic carbocycles. The number of hydrogen-bond donors (Lipinski definition) is 0. The largest absolute Gasteiger partial charge is 0.361 e. The zero-order valence-corrected chi connectivity index (χ0v) is 27.8. The molecule has 0 bridgehead atoms. The van der Waals surface area contributed by atoms with Gasteiger partial charge in [0.2, 0.25) is 0 Å². The van der Waals surface area contributed by atoms with Crippen molar-refractivity contribution in [2.45, 2.75) is 78.6 Å².